The number of ether oxygens (including phenoxy) is 2. The van der Waals surface area contributed by atoms with Gasteiger partial charge in [0.2, 0.25) is 0 Å². The van der Waals surface area contributed by atoms with Crippen LogP contribution >= 0.6 is 0 Å². The SMILES string of the molecule is COc1cccc(CN2CCN(C3(c4cccc(C)c4)C(=O)c4ccc(OC)cc4C3=O)CC2)c1. The minimum Gasteiger partial charge on any atom is -0.497 e. The van der Waals surface area contributed by atoms with Crippen molar-refractivity contribution in [2.45, 2.75) is 19.0 Å². The Hall–Kier alpha value is -3.48. The summed E-state index contributed by atoms with van der Waals surface area (Å²) >= 11 is 0. The van der Waals surface area contributed by atoms with Gasteiger partial charge in [-0.15, -0.1) is 0 Å². The summed E-state index contributed by atoms with van der Waals surface area (Å²) in [5, 5.41) is 0. The number of nitrogens with zero attached hydrogens (tertiary/aromatic N) is 2. The second kappa shape index (κ2) is 9.29. The van der Waals surface area contributed by atoms with Crippen LogP contribution in [0.4, 0.5) is 0 Å². The maximum absolute atomic E-state index is 14.1. The van der Waals surface area contributed by atoms with Crippen molar-refractivity contribution in [3.05, 3.63) is 94.5 Å². The molecule has 1 fully saturated rings. The van der Waals surface area contributed by atoms with Crippen molar-refractivity contribution in [3.63, 3.8) is 0 Å². The first-order valence-electron chi connectivity index (χ1n) is 11.9. The van der Waals surface area contributed by atoms with E-state index in [9.17, 15) is 9.59 Å². The number of aryl methyl sites for hydroxylation is 1. The standard InChI is InChI=1S/C29H30N2O4/c1-20-6-4-8-22(16-20)29(27(32)25-11-10-24(35-3)18-26(25)28(29)33)31-14-12-30(13-15-31)19-21-7-5-9-23(17-21)34-2/h4-11,16-18H,12-15,19H2,1-3H3. The lowest BCUT2D eigenvalue weighted by molar-refractivity contribution is 0.0279. The van der Waals surface area contributed by atoms with Gasteiger partial charge in [0.25, 0.3) is 0 Å². The minimum absolute atomic E-state index is 0.146. The number of carbonyl (C=O) groups is 2. The van der Waals surface area contributed by atoms with E-state index in [2.05, 4.69) is 21.9 Å². The lowest BCUT2D eigenvalue weighted by Gasteiger charge is -2.44. The van der Waals surface area contributed by atoms with Crippen molar-refractivity contribution in [1.29, 1.82) is 0 Å². The number of rotatable bonds is 6. The highest BCUT2D eigenvalue weighted by Crippen LogP contribution is 2.44. The van der Waals surface area contributed by atoms with E-state index in [1.165, 1.54) is 5.56 Å². The van der Waals surface area contributed by atoms with Crippen molar-refractivity contribution in [3.8, 4) is 11.5 Å². The zero-order chi connectivity index (χ0) is 24.6. The number of methoxy groups -OCH3 is 2. The molecule has 0 aromatic heterocycles. The molecule has 0 radical (unpaired) electrons. The molecule has 3 aromatic rings. The Labute approximate surface area is 206 Å². The van der Waals surface area contributed by atoms with Crippen LogP contribution in [0.1, 0.15) is 37.4 Å². The van der Waals surface area contributed by atoms with Gasteiger partial charge >= 0.3 is 0 Å². The van der Waals surface area contributed by atoms with Gasteiger partial charge in [-0.05, 0) is 48.4 Å². The summed E-state index contributed by atoms with van der Waals surface area (Å²) in [6, 6.07) is 21.1. The van der Waals surface area contributed by atoms with E-state index < -0.39 is 5.54 Å². The van der Waals surface area contributed by atoms with Crippen LogP contribution in [-0.4, -0.2) is 61.8 Å². The van der Waals surface area contributed by atoms with Crippen LogP contribution in [0.25, 0.3) is 0 Å². The number of benzene rings is 3. The molecule has 1 saturated heterocycles. The van der Waals surface area contributed by atoms with Gasteiger partial charge in [0, 0.05) is 43.9 Å². The molecule has 1 aliphatic carbocycles. The second-order valence-corrected chi connectivity index (χ2v) is 9.26. The van der Waals surface area contributed by atoms with E-state index in [1.54, 1.807) is 32.4 Å². The number of fused-ring (bicyclic) bond motifs is 1. The molecule has 1 atom stereocenters. The van der Waals surface area contributed by atoms with Crippen LogP contribution in [0.2, 0.25) is 0 Å². The Morgan fingerprint density at radius 1 is 0.771 bits per heavy atom. The second-order valence-electron chi connectivity index (χ2n) is 9.26. The monoisotopic (exact) mass is 470 g/mol. The number of ketones is 2. The molecule has 0 saturated carbocycles. The quantitative estimate of drug-likeness (QED) is 0.506. The molecule has 2 aliphatic rings. The lowest BCUT2D eigenvalue weighted by atomic mass is 9.82. The van der Waals surface area contributed by atoms with Crippen LogP contribution in [-0.2, 0) is 12.1 Å². The van der Waals surface area contributed by atoms with Gasteiger partial charge in [-0.2, -0.15) is 0 Å². The predicted octanol–water partition coefficient (Wildman–Crippen LogP) is 4.10. The number of piperazine rings is 1. The summed E-state index contributed by atoms with van der Waals surface area (Å²) in [6.07, 6.45) is 0. The smallest absolute Gasteiger partial charge is 0.196 e. The lowest BCUT2D eigenvalue weighted by Crippen LogP contribution is -2.60. The summed E-state index contributed by atoms with van der Waals surface area (Å²) in [6.45, 7) is 5.52. The van der Waals surface area contributed by atoms with Crippen molar-refractivity contribution in [2.75, 3.05) is 40.4 Å². The average Bonchev–Trinajstić information content (AvgIpc) is 3.11. The maximum Gasteiger partial charge on any atom is 0.196 e. The molecule has 35 heavy (non-hydrogen) atoms. The van der Waals surface area contributed by atoms with Gasteiger partial charge in [0.15, 0.2) is 17.1 Å². The molecule has 5 rings (SSSR count). The molecular formula is C29H30N2O4. The molecule has 180 valence electrons. The molecular weight excluding hydrogens is 440 g/mol. The number of hydrogen-bond acceptors (Lipinski definition) is 6. The van der Waals surface area contributed by atoms with E-state index in [0.717, 1.165) is 36.5 Å². The Balaban J connectivity index is 1.47. The Morgan fingerprint density at radius 2 is 1.46 bits per heavy atom. The summed E-state index contributed by atoms with van der Waals surface area (Å²) in [4.78, 5) is 32.6. The third kappa shape index (κ3) is 3.93. The van der Waals surface area contributed by atoms with Crippen molar-refractivity contribution < 1.29 is 19.1 Å². The topological polar surface area (TPSA) is 59.1 Å². The fourth-order valence-electron chi connectivity index (χ4n) is 5.40. The zero-order valence-electron chi connectivity index (χ0n) is 20.4. The van der Waals surface area contributed by atoms with E-state index in [-0.39, 0.29) is 11.6 Å². The third-order valence-electron chi connectivity index (χ3n) is 7.20. The minimum atomic E-state index is -1.34. The van der Waals surface area contributed by atoms with Gasteiger partial charge in [0.1, 0.15) is 11.5 Å². The van der Waals surface area contributed by atoms with E-state index in [0.29, 0.717) is 30.0 Å². The van der Waals surface area contributed by atoms with Gasteiger partial charge in [-0.25, -0.2) is 0 Å². The average molecular weight is 471 g/mol. The van der Waals surface area contributed by atoms with Gasteiger partial charge in [0.05, 0.1) is 14.2 Å². The fourth-order valence-corrected chi connectivity index (χ4v) is 5.40. The highest BCUT2D eigenvalue weighted by atomic mass is 16.5. The van der Waals surface area contributed by atoms with Crippen LogP contribution in [0, 0.1) is 6.92 Å². The molecule has 6 nitrogen and oxygen atoms in total. The van der Waals surface area contributed by atoms with Gasteiger partial charge in [-0.1, -0.05) is 42.0 Å². The largest absolute Gasteiger partial charge is 0.497 e. The normalized spacial score (nSPS) is 20.7. The van der Waals surface area contributed by atoms with Crippen molar-refractivity contribution in [1.82, 2.24) is 9.80 Å². The molecule has 1 unspecified atom stereocenters. The Kier molecular flexibility index (Phi) is 6.17. The predicted molar refractivity (Wildman–Crippen MR) is 134 cm³/mol. The summed E-state index contributed by atoms with van der Waals surface area (Å²) < 4.78 is 10.7. The molecule has 0 bridgehead atoms. The van der Waals surface area contributed by atoms with Gasteiger partial charge in [-0.3, -0.25) is 19.4 Å². The summed E-state index contributed by atoms with van der Waals surface area (Å²) in [5.41, 5.74) is 2.50. The first-order valence-corrected chi connectivity index (χ1v) is 11.9. The first kappa shape index (κ1) is 23.3. The van der Waals surface area contributed by atoms with E-state index in [1.807, 2.05) is 43.3 Å². The number of carbonyl (C=O) groups excluding carboxylic acids is 2. The summed E-state index contributed by atoms with van der Waals surface area (Å²) in [7, 11) is 3.24. The third-order valence-corrected chi connectivity index (χ3v) is 7.20. The van der Waals surface area contributed by atoms with Crippen molar-refractivity contribution in [2.24, 2.45) is 0 Å². The van der Waals surface area contributed by atoms with Crippen LogP contribution in [0.3, 0.4) is 0 Å². The molecule has 0 amide bonds. The first-order chi connectivity index (χ1) is 17.0. The highest BCUT2D eigenvalue weighted by Gasteiger charge is 2.58. The number of hydrogen-bond donors (Lipinski definition) is 0. The molecule has 0 spiro atoms. The number of Topliss-reactive ketones (excluding diaryl/α,β-unsaturated/α-hetero) is 2. The van der Waals surface area contributed by atoms with E-state index >= 15 is 0 Å². The fraction of sp³-hybridized carbons (Fsp3) is 0.310. The van der Waals surface area contributed by atoms with E-state index in [4.69, 9.17) is 9.47 Å². The van der Waals surface area contributed by atoms with Crippen LogP contribution in [0.15, 0.2) is 66.7 Å². The van der Waals surface area contributed by atoms with Crippen LogP contribution < -0.4 is 9.47 Å². The summed E-state index contributed by atoms with van der Waals surface area (Å²) in [5.74, 6) is 1.11. The molecule has 3 aromatic carbocycles. The van der Waals surface area contributed by atoms with Crippen LogP contribution in [0.5, 0.6) is 11.5 Å². The van der Waals surface area contributed by atoms with Gasteiger partial charge < -0.3 is 9.47 Å². The molecule has 0 N–H and O–H groups in total. The zero-order valence-corrected chi connectivity index (χ0v) is 20.4. The molecule has 6 heteroatoms. The molecule has 1 heterocycles. The molecule has 1 aliphatic heterocycles. The Morgan fingerprint density at radius 3 is 2.17 bits per heavy atom. The highest BCUT2D eigenvalue weighted by molar-refractivity contribution is 6.33. The Bertz CT molecular complexity index is 1280. The maximum atomic E-state index is 14.1. The van der Waals surface area contributed by atoms with Crippen molar-refractivity contribution >= 4 is 11.6 Å².